The molecule has 2 rings (SSSR count). The van der Waals surface area contributed by atoms with Crippen molar-refractivity contribution >= 4 is 11.6 Å². The molecule has 0 saturated heterocycles. The highest BCUT2D eigenvalue weighted by atomic mass is 35.5. The lowest BCUT2D eigenvalue weighted by Crippen LogP contribution is -2.21. The van der Waals surface area contributed by atoms with Gasteiger partial charge in [0.1, 0.15) is 11.0 Å². The van der Waals surface area contributed by atoms with E-state index in [1.807, 2.05) is 0 Å². The first-order valence-electron chi connectivity index (χ1n) is 6.52. The number of ether oxygens (including phenoxy) is 1. The van der Waals surface area contributed by atoms with Gasteiger partial charge in [-0.05, 0) is 37.2 Å². The van der Waals surface area contributed by atoms with E-state index in [1.54, 1.807) is 13.2 Å². The molecular weight excluding hydrogens is 248 g/mol. The maximum atomic E-state index is 6.05. The van der Waals surface area contributed by atoms with Gasteiger partial charge in [0.25, 0.3) is 0 Å². The van der Waals surface area contributed by atoms with Crippen molar-refractivity contribution in [3.8, 4) is 0 Å². The van der Waals surface area contributed by atoms with Crippen molar-refractivity contribution in [1.29, 1.82) is 0 Å². The zero-order chi connectivity index (χ0) is 13.2. The van der Waals surface area contributed by atoms with Gasteiger partial charge in [-0.15, -0.1) is 0 Å². The molecule has 1 saturated carbocycles. The lowest BCUT2D eigenvalue weighted by molar-refractivity contribution is 0.180. The summed E-state index contributed by atoms with van der Waals surface area (Å²) in [7, 11) is 1.67. The van der Waals surface area contributed by atoms with E-state index in [0.717, 1.165) is 24.4 Å². The van der Waals surface area contributed by atoms with Crippen molar-refractivity contribution < 1.29 is 4.74 Å². The molecule has 0 N–H and O–H groups in total. The van der Waals surface area contributed by atoms with E-state index in [4.69, 9.17) is 16.3 Å². The van der Waals surface area contributed by atoms with Gasteiger partial charge in [-0.3, -0.25) is 0 Å². The van der Waals surface area contributed by atoms with Gasteiger partial charge < -0.3 is 4.74 Å². The second-order valence-electron chi connectivity index (χ2n) is 5.91. The highest BCUT2D eigenvalue weighted by Crippen LogP contribution is 2.41. The van der Waals surface area contributed by atoms with Crippen LogP contribution in [0.2, 0.25) is 5.15 Å². The van der Waals surface area contributed by atoms with Crippen molar-refractivity contribution in [2.45, 2.75) is 52.1 Å². The quantitative estimate of drug-likeness (QED) is 0.779. The molecule has 0 radical (unpaired) electrons. The molecule has 1 fully saturated rings. The van der Waals surface area contributed by atoms with E-state index in [9.17, 15) is 0 Å². The van der Waals surface area contributed by atoms with E-state index in [0.29, 0.717) is 23.1 Å². The first kappa shape index (κ1) is 13.8. The van der Waals surface area contributed by atoms with Crippen molar-refractivity contribution in [2.24, 2.45) is 5.41 Å². The third-order valence-electron chi connectivity index (χ3n) is 3.76. The van der Waals surface area contributed by atoms with Gasteiger partial charge >= 0.3 is 0 Å². The van der Waals surface area contributed by atoms with E-state index >= 15 is 0 Å². The molecule has 1 aliphatic rings. The zero-order valence-corrected chi connectivity index (χ0v) is 12.1. The van der Waals surface area contributed by atoms with Gasteiger partial charge in [-0.1, -0.05) is 25.4 Å². The molecule has 18 heavy (non-hydrogen) atoms. The molecule has 100 valence electrons. The molecule has 0 bridgehead atoms. The predicted molar refractivity (Wildman–Crippen MR) is 72.7 cm³/mol. The third kappa shape index (κ3) is 3.42. The molecule has 1 heterocycles. The molecule has 1 aliphatic carbocycles. The highest BCUT2D eigenvalue weighted by Gasteiger charge is 2.29. The largest absolute Gasteiger partial charge is 0.378 e. The Morgan fingerprint density at radius 2 is 2.00 bits per heavy atom. The van der Waals surface area contributed by atoms with E-state index < -0.39 is 0 Å². The Labute approximate surface area is 114 Å². The smallest absolute Gasteiger partial charge is 0.133 e. The van der Waals surface area contributed by atoms with Crippen molar-refractivity contribution in [1.82, 2.24) is 9.97 Å². The first-order chi connectivity index (χ1) is 8.50. The van der Waals surface area contributed by atoms with Gasteiger partial charge in [0.2, 0.25) is 0 Å². The fraction of sp³-hybridized carbons (Fsp3) is 0.714. The summed E-state index contributed by atoms with van der Waals surface area (Å²) in [6.45, 7) is 5.16. The van der Waals surface area contributed by atoms with Crippen LogP contribution >= 0.6 is 11.6 Å². The standard InChI is InChI=1S/C14H21ClN2O/c1-14(2)6-4-10(5-7-14)13-16-11(9-18-3)8-12(15)17-13/h8,10H,4-7,9H2,1-3H3. The van der Waals surface area contributed by atoms with E-state index in [2.05, 4.69) is 23.8 Å². The molecule has 0 aliphatic heterocycles. The van der Waals surface area contributed by atoms with Crippen molar-refractivity contribution in [3.63, 3.8) is 0 Å². The molecular formula is C14H21ClN2O. The summed E-state index contributed by atoms with van der Waals surface area (Å²) in [6, 6.07) is 1.78. The Kier molecular flexibility index (Phi) is 4.23. The minimum Gasteiger partial charge on any atom is -0.378 e. The number of rotatable bonds is 3. The lowest BCUT2D eigenvalue weighted by Gasteiger charge is -2.33. The molecule has 1 aromatic heterocycles. The zero-order valence-electron chi connectivity index (χ0n) is 11.4. The average molecular weight is 269 g/mol. The van der Waals surface area contributed by atoms with Gasteiger partial charge in [0.05, 0.1) is 12.3 Å². The van der Waals surface area contributed by atoms with Gasteiger partial charge in [-0.2, -0.15) is 0 Å². The van der Waals surface area contributed by atoms with E-state index in [-0.39, 0.29) is 0 Å². The van der Waals surface area contributed by atoms with Crippen LogP contribution in [0.15, 0.2) is 6.07 Å². The number of hydrogen-bond donors (Lipinski definition) is 0. The van der Waals surface area contributed by atoms with E-state index in [1.165, 1.54) is 12.8 Å². The van der Waals surface area contributed by atoms with Crippen molar-refractivity contribution in [2.75, 3.05) is 7.11 Å². The first-order valence-corrected chi connectivity index (χ1v) is 6.90. The van der Waals surface area contributed by atoms with Gasteiger partial charge in [-0.25, -0.2) is 9.97 Å². The Morgan fingerprint density at radius 1 is 1.33 bits per heavy atom. The van der Waals surface area contributed by atoms with Crippen molar-refractivity contribution in [3.05, 3.63) is 22.7 Å². The second-order valence-corrected chi connectivity index (χ2v) is 6.30. The topological polar surface area (TPSA) is 35.0 Å². The summed E-state index contributed by atoms with van der Waals surface area (Å²) in [5.41, 5.74) is 1.34. The van der Waals surface area contributed by atoms with Crippen LogP contribution in [0.25, 0.3) is 0 Å². The number of nitrogens with zero attached hydrogens (tertiary/aromatic N) is 2. The fourth-order valence-corrected chi connectivity index (χ4v) is 2.76. The van der Waals surface area contributed by atoms with Crippen LogP contribution in [0.1, 0.15) is 57.0 Å². The predicted octanol–water partition coefficient (Wildman–Crippen LogP) is 3.96. The lowest BCUT2D eigenvalue weighted by atomic mass is 9.73. The SMILES string of the molecule is COCc1cc(Cl)nc(C2CCC(C)(C)CC2)n1. The van der Waals surface area contributed by atoms with Gasteiger partial charge in [0.15, 0.2) is 0 Å². The number of hydrogen-bond acceptors (Lipinski definition) is 3. The molecule has 0 amide bonds. The summed E-state index contributed by atoms with van der Waals surface area (Å²) in [5, 5.41) is 0.525. The number of halogens is 1. The monoisotopic (exact) mass is 268 g/mol. The van der Waals surface area contributed by atoms with Crippen LogP contribution in [0.3, 0.4) is 0 Å². The minimum atomic E-state index is 0.451. The van der Waals surface area contributed by atoms with Crippen LogP contribution in [-0.2, 0) is 11.3 Å². The molecule has 4 heteroatoms. The van der Waals surface area contributed by atoms with Crippen LogP contribution in [-0.4, -0.2) is 17.1 Å². The highest BCUT2D eigenvalue weighted by molar-refractivity contribution is 6.29. The molecule has 0 unspecified atom stereocenters. The Hall–Kier alpha value is -0.670. The second kappa shape index (κ2) is 5.54. The Bertz CT molecular complexity index is 410. The Morgan fingerprint density at radius 3 is 2.61 bits per heavy atom. The minimum absolute atomic E-state index is 0.451. The normalized spacial score (nSPS) is 20.0. The summed E-state index contributed by atoms with van der Waals surface area (Å²) in [5.74, 6) is 1.34. The molecule has 3 nitrogen and oxygen atoms in total. The number of methoxy groups -OCH3 is 1. The Balaban J connectivity index is 2.13. The van der Waals surface area contributed by atoms with Crippen LogP contribution < -0.4 is 0 Å². The van der Waals surface area contributed by atoms with Crippen LogP contribution in [0.5, 0.6) is 0 Å². The molecule has 0 spiro atoms. The van der Waals surface area contributed by atoms with Crippen LogP contribution in [0.4, 0.5) is 0 Å². The third-order valence-corrected chi connectivity index (χ3v) is 3.96. The summed E-state index contributed by atoms with van der Waals surface area (Å²) < 4.78 is 5.11. The van der Waals surface area contributed by atoms with Crippen LogP contribution in [0, 0.1) is 5.41 Å². The average Bonchev–Trinajstić information content (AvgIpc) is 2.28. The fourth-order valence-electron chi connectivity index (χ4n) is 2.55. The number of aromatic nitrogens is 2. The summed E-state index contributed by atoms with van der Waals surface area (Å²) in [4.78, 5) is 8.96. The van der Waals surface area contributed by atoms with Gasteiger partial charge in [0, 0.05) is 13.0 Å². The summed E-state index contributed by atoms with van der Waals surface area (Å²) >= 11 is 6.05. The summed E-state index contributed by atoms with van der Waals surface area (Å²) in [6.07, 6.45) is 4.76. The molecule has 0 aromatic carbocycles. The molecule has 1 aromatic rings. The molecule has 0 atom stereocenters. The maximum Gasteiger partial charge on any atom is 0.133 e. The maximum absolute atomic E-state index is 6.05.